The molecule has 48 heavy (non-hydrogen) atoms. The minimum absolute atomic E-state index is 0.178. The Bertz CT molecular complexity index is 2570. The van der Waals surface area contributed by atoms with Crippen LogP contribution in [0.4, 0.5) is 17.6 Å². The summed E-state index contributed by atoms with van der Waals surface area (Å²) >= 11 is 0.664. The molecule has 1 heterocycles. The molecule has 0 atom stereocenters. The van der Waals surface area contributed by atoms with E-state index < -0.39 is 163 Å². The Morgan fingerprint density at radius 2 is 1.65 bits per heavy atom. The van der Waals surface area contributed by atoms with E-state index in [-0.39, 0.29) is 34.8 Å². The van der Waals surface area contributed by atoms with Gasteiger partial charge in [0.2, 0.25) is 5.91 Å². The maximum atomic E-state index is 14.8. The van der Waals surface area contributed by atoms with Crippen molar-refractivity contribution in [2.45, 2.75) is 70.2 Å². The summed E-state index contributed by atoms with van der Waals surface area (Å²) in [6, 6.07) is -11.9. The predicted octanol–water partition coefficient (Wildman–Crippen LogP) is 7.53. The molecule has 1 aromatic heterocycles. The number of hydrogen-bond donors (Lipinski definition) is 0. The van der Waals surface area contributed by atoms with Gasteiger partial charge in [-0.15, -0.1) is 0 Å². The smallest absolute Gasteiger partial charge is 0.336 e. The van der Waals surface area contributed by atoms with E-state index >= 15 is 0 Å². The third-order valence-corrected chi connectivity index (χ3v) is 8.28. The lowest BCUT2D eigenvalue weighted by Gasteiger charge is -2.28. The zero-order valence-electron chi connectivity index (χ0n) is 43.0. The molecule has 1 amide bonds. The molecule has 0 N–H and O–H groups in total. The van der Waals surface area contributed by atoms with Crippen molar-refractivity contribution >= 4 is 17.7 Å². The monoisotopic (exact) mass is 697 g/mol. The second kappa shape index (κ2) is 15.5. The normalized spacial score (nSPS) is 18.8. The molecule has 0 radical (unpaired) electrons. The Labute approximate surface area is 306 Å². The van der Waals surface area contributed by atoms with Crippen LogP contribution in [-0.2, 0) is 42.6 Å². The van der Waals surface area contributed by atoms with Gasteiger partial charge in [-0.1, -0.05) is 73.9 Å². The molecule has 11 heteroatoms. The van der Waals surface area contributed by atoms with Crippen LogP contribution in [0.1, 0.15) is 77.1 Å². The Balaban J connectivity index is 1.70. The number of hydrogen-bond acceptors (Lipinski definition) is 5. The standard InChI is InChI=1S/C37H40F4N4O2S/c1-4-43(5-2)19-20-44(22-26-9-13-28(14-10-26)29-15-18-32(25(3)21-29)37(39,40)41)34(46)23-45-33-8-6-7-31(33)35(47)42-36(45)48-24-27-11-16-30(38)17-12-27/h9-18,21H,4-8,19-20,22-24H2,1-3H3/i4D2,5D2,9D,10D,11D,12D,13D,14D,15D,16D,17D,18D,21D,22D2. The quantitative estimate of drug-likeness (QED) is 0.0822. The number of nitrogens with zero attached hydrogens (tertiary/aromatic N) is 4. The molecule has 1 aliphatic carbocycles. The number of carbonyl (C=O) groups excluding carboxylic acids is 1. The molecule has 254 valence electrons. The van der Waals surface area contributed by atoms with Gasteiger partial charge in [-0.05, 0) is 85.1 Å². The summed E-state index contributed by atoms with van der Waals surface area (Å²) in [6.07, 6.45) is -4.40. The van der Waals surface area contributed by atoms with Crippen LogP contribution in [0.3, 0.4) is 0 Å². The molecule has 1 aliphatic rings. The van der Waals surface area contributed by atoms with E-state index in [9.17, 15) is 29.9 Å². The minimum atomic E-state index is -5.19. The van der Waals surface area contributed by atoms with Gasteiger partial charge in [-0.3, -0.25) is 9.59 Å². The summed E-state index contributed by atoms with van der Waals surface area (Å²) in [5, 5.41) is -0.242. The number of rotatable bonds is 13. The highest BCUT2D eigenvalue weighted by Gasteiger charge is 2.32. The van der Waals surface area contributed by atoms with Crippen LogP contribution in [-0.4, -0.2) is 51.3 Å². The van der Waals surface area contributed by atoms with Gasteiger partial charge in [0, 0.05) is 42.1 Å². The largest absolute Gasteiger partial charge is 0.416 e. The summed E-state index contributed by atoms with van der Waals surface area (Å²) in [4.78, 5) is 33.1. The highest BCUT2D eigenvalue weighted by Crippen LogP contribution is 2.34. The second-order valence-electron chi connectivity index (χ2n) is 10.4. The second-order valence-corrected chi connectivity index (χ2v) is 11.3. The van der Waals surface area contributed by atoms with Crippen molar-refractivity contribution in [1.29, 1.82) is 0 Å². The number of benzene rings is 3. The highest BCUT2D eigenvalue weighted by atomic mass is 32.2. The molecule has 0 saturated carbocycles. The van der Waals surface area contributed by atoms with E-state index in [1.54, 1.807) is 0 Å². The average molecular weight is 698 g/mol. The lowest BCUT2D eigenvalue weighted by Crippen LogP contribution is -2.40. The first kappa shape index (κ1) is 19.3. The molecule has 5 rings (SSSR count). The third kappa shape index (κ3) is 8.54. The van der Waals surface area contributed by atoms with Crippen molar-refractivity contribution in [1.82, 2.24) is 19.4 Å². The Morgan fingerprint density at radius 3 is 2.31 bits per heavy atom. The van der Waals surface area contributed by atoms with E-state index in [1.807, 2.05) is 0 Å². The number of fused-ring (bicyclic) bond motifs is 1. The van der Waals surface area contributed by atoms with Crippen LogP contribution < -0.4 is 5.56 Å². The third-order valence-electron chi connectivity index (χ3n) is 7.28. The first-order valence-electron chi connectivity index (χ1n) is 23.1. The molecular formula is C37H40F4N4O2S. The van der Waals surface area contributed by atoms with Gasteiger partial charge in [0.05, 0.1) is 23.4 Å². The summed E-state index contributed by atoms with van der Waals surface area (Å²) in [6.45, 7) is -8.16. The van der Waals surface area contributed by atoms with Crippen LogP contribution in [0, 0.1) is 12.7 Å². The molecule has 3 aromatic carbocycles. The molecule has 0 fully saturated rings. The lowest BCUT2D eigenvalue weighted by atomic mass is 9.98. The number of likely N-dealkylation sites (N-methyl/N-ethyl adjacent to an activating group) is 1. The van der Waals surface area contributed by atoms with Gasteiger partial charge in [0.15, 0.2) is 5.16 Å². The van der Waals surface area contributed by atoms with Crippen LogP contribution in [0.15, 0.2) is 76.4 Å². The number of halogens is 4. The maximum absolute atomic E-state index is 14.8. The minimum Gasteiger partial charge on any atom is -0.336 e. The summed E-state index contributed by atoms with van der Waals surface area (Å²) in [5.74, 6) is -3.08. The van der Waals surface area contributed by atoms with Gasteiger partial charge >= 0.3 is 6.18 Å². The van der Waals surface area contributed by atoms with Crippen molar-refractivity contribution in [3.63, 3.8) is 0 Å². The van der Waals surface area contributed by atoms with Gasteiger partial charge < -0.3 is 14.4 Å². The van der Waals surface area contributed by atoms with Crippen molar-refractivity contribution in [3.8, 4) is 11.1 Å². The fraction of sp³-hybridized carbons (Fsp3) is 0.378. The molecule has 0 aliphatic heterocycles. The molecule has 6 nitrogen and oxygen atoms in total. The first-order valence-corrected chi connectivity index (χ1v) is 15.5. The Morgan fingerprint density at radius 1 is 0.979 bits per heavy atom. The number of alkyl halides is 3. The zero-order chi connectivity index (χ0) is 49.4. The first-order chi connectivity index (χ1) is 29.7. The number of amides is 1. The molecule has 0 spiro atoms. The van der Waals surface area contributed by atoms with E-state index in [0.717, 1.165) is 20.8 Å². The van der Waals surface area contributed by atoms with Crippen LogP contribution in [0.2, 0.25) is 0 Å². The van der Waals surface area contributed by atoms with E-state index in [2.05, 4.69) is 4.98 Å². The number of carbonyl (C=O) groups is 1. The van der Waals surface area contributed by atoms with Crippen LogP contribution in [0.5, 0.6) is 0 Å². The Kier molecular flexibility index (Phi) is 6.23. The van der Waals surface area contributed by atoms with Crippen molar-refractivity contribution < 1.29 is 45.7 Å². The molecule has 0 saturated heterocycles. The van der Waals surface area contributed by atoms with Crippen LogP contribution in [0.25, 0.3) is 11.1 Å². The van der Waals surface area contributed by atoms with Gasteiger partial charge in [0.25, 0.3) is 5.56 Å². The van der Waals surface area contributed by atoms with Gasteiger partial charge in [0.1, 0.15) is 12.4 Å². The predicted molar refractivity (Wildman–Crippen MR) is 181 cm³/mol. The fourth-order valence-electron chi connectivity index (χ4n) is 4.93. The van der Waals surface area contributed by atoms with E-state index in [4.69, 9.17) is 20.6 Å². The molecule has 0 unspecified atom stereocenters. The number of thioether (sulfide) groups is 1. The summed E-state index contributed by atoms with van der Waals surface area (Å²) in [5.41, 5.74) is -6.00. The average Bonchev–Trinajstić information content (AvgIpc) is 3.68. The molecule has 4 aromatic rings. The Hall–Kier alpha value is -3.96. The maximum Gasteiger partial charge on any atom is 0.416 e. The SMILES string of the molecule is [2H]c1c([2H])c(CSc2nc(=O)c3c(n2CC(=O)N(CCN(C([2H])([2H])C)C([2H])([2H])C)C([2H])([2H])c2c([2H])c([2H])c(-c4c([2H])c([2H])c(C(F)(F)F)c(C)c4[2H])c([2H])c2[2H])CCC3)c([2H])c([2H])c1F. The van der Waals surface area contributed by atoms with Crippen LogP contribution >= 0.6 is 11.8 Å². The van der Waals surface area contributed by atoms with Crippen molar-refractivity contribution in [2.24, 2.45) is 0 Å². The highest BCUT2D eigenvalue weighted by molar-refractivity contribution is 7.98. The van der Waals surface area contributed by atoms with Gasteiger partial charge in [-0.2, -0.15) is 18.2 Å². The topological polar surface area (TPSA) is 58.4 Å². The lowest BCUT2D eigenvalue weighted by molar-refractivity contribution is -0.138. The van der Waals surface area contributed by atoms with E-state index in [1.165, 1.54) is 4.57 Å². The molecule has 0 bridgehead atoms. The molecular weight excluding hydrogens is 640 g/mol. The summed E-state index contributed by atoms with van der Waals surface area (Å²) < 4.78 is 202. The fourth-order valence-corrected chi connectivity index (χ4v) is 5.82. The van der Waals surface area contributed by atoms with Crippen molar-refractivity contribution in [3.05, 3.63) is 116 Å². The zero-order valence-corrected chi connectivity index (χ0v) is 26.8. The van der Waals surface area contributed by atoms with E-state index in [0.29, 0.717) is 28.0 Å². The van der Waals surface area contributed by atoms with Crippen molar-refractivity contribution in [2.75, 3.05) is 26.1 Å². The van der Waals surface area contributed by atoms with Gasteiger partial charge in [-0.25, -0.2) is 4.39 Å². The number of aromatic nitrogens is 2. The summed E-state index contributed by atoms with van der Waals surface area (Å²) in [7, 11) is 0.